The largest absolute Gasteiger partial charge is 0.456 e. The lowest BCUT2D eigenvalue weighted by molar-refractivity contribution is -0.193. The van der Waals surface area contributed by atoms with Crippen LogP contribution in [0, 0.1) is 45.8 Å². The van der Waals surface area contributed by atoms with Crippen LogP contribution in [0.25, 0.3) is 0 Å². The van der Waals surface area contributed by atoms with E-state index in [9.17, 15) is 23.1 Å². The fourth-order valence-corrected chi connectivity index (χ4v) is 5.52. The van der Waals surface area contributed by atoms with Gasteiger partial charge in [0, 0.05) is 5.56 Å². The summed E-state index contributed by atoms with van der Waals surface area (Å²) in [5.74, 6) is -11.8. The van der Waals surface area contributed by atoms with E-state index in [1.165, 1.54) is 27.7 Å². The van der Waals surface area contributed by atoms with Gasteiger partial charge in [-0.1, -0.05) is 20.8 Å². The van der Waals surface area contributed by atoms with Gasteiger partial charge in [0.25, 0.3) is 0 Å². The second kappa shape index (κ2) is 6.65. The molecule has 31 heavy (non-hydrogen) atoms. The topological polar surface area (TPSA) is 46.5 Å². The normalized spacial score (nSPS) is 30.0. The van der Waals surface area contributed by atoms with E-state index in [1.807, 2.05) is 13.8 Å². The predicted molar refractivity (Wildman–Crippen MR) is 104 cm³/mol. The molecular weight excluding hydrogens is 419 g/mol. The molecule has 0 radical (unpaired) electrons. The van der Waals surface area contributed by atoms with E-state index in [1.54, 1.807) is 6.92 Å². The van der Waals surface area contributed by atoms with Crippen molar-refractivity contribution in [2.24, 2.45) is 16.7 Å². The molecule has 3 atom stereocenters. The smallest absolute Gasteiger partial charge is 0.318 e. The fraction of sp³-hybridized carbons (Fsp3) is 0.696. The first-order chi connectivity index (χ1) is 13.9. The second-order valence-electron chi connectivity index (χ2n) is 10.8. The van der Waals surface area contributed by atoms with Gasteiger partial charge in [-0.2, -0.15) is 0 Å². The summed E-state index contributed by atoms with van der Waals surface area (Å²) in [4.78, 5) is 13.7. The van der Waals surface area contributed by atoms with Gasteiger partial charge in [0.1, 0.15) is 11.0 Å². The van der Waals surface area contributed by atoms with Crippen molar-refractivity contribution < 1.29 is 36.6 Å². The van der Waals surface area contributed by atoms with Gasteiger partial charge < -0.3 is 9.84 Å². The Balaban J connectivity index is 2.35. The molecule has 3 rings (SSSR count). The van der Waals surface area contributed by atoms with Crippen LogP contribution in [0.4, 0.5) is 22.0 Å². The Labute approximate surface area is 179 Å². The van der Waals surface area contributed by atoms with Crippen LogP contribution >= 0.6 is 0 Å². The van der Waals surface area contributed by atoms with E-state index >= 15 is 8.78 Å². The number of carbonyl (C=O) groups is 1. The third kappa shape index (κ3) is 2.82. The summed E-state index contributed by atoms with van der Waals surface area (Å²) >= 11 is 0. The standard InChI is InChI=1S/C23H29F5O3/c1-19(2)11-8-9-22(19,7)23(10-11,18(29)31-21(5,6)20(3,4)30)12-13(24)15(26)17(28)16(27)14(12)25/h11,30H,8-10H2,1-7H3. The summed E-state index contributed by atoms with van der Waals surface area (Å²) in [5, 5.41) is 10.4. The van der Waals surface area contributed by atoms with Crippen LogP contribution in [0.2, 0.25) is 0 Å². The molecule has 2 fully saturated rings. The third-order valence-corrected chi connectivity index (χ3v) is 8.74. The lowest BCUT2D eigenvalue weighted by Crippen LogP contribution is -2.57. The van der Waals surface area contributed by atoms with Crippen LogP contribution in [0.3, 0.4) is 0 Å². The molecule has 0 aromatic heterocycles. The van der Waals surface area contributed by atoms with Crippen LogP contribution < -0.4 is 0 Å². The first-order valence-electron chi connectivity index (χ1n) is 10.3. The molecule has 0 spiro atoms. The van der Waals surface area contributed by atoms with Crippen LogP contribution in [0.1, 0.15) is 73.3 Å². The monoisotopic (exact) mass is 448 g/mol. The van der Waals surface area contributed by atoms with Gasteiger partial charge in [-0.15, -0.1) is 0 Å². The second-order valence-corrected chi connectivity index (χ2v) is 10.8. The summed E-state index contributed by atoms with van der Waals surface area (Å²) < 4.78 is 78.0. The number of benzene rings is 1. The van der Waals surface area contributed by atoms with Gasteiger partial charge in [-0.25, -0.2) is 22.0 Å². The molecule has 1 aromatic carbocycles. The molecule has 0 aliphatic heterocycles. The lowest BCUT2D eigenvalue weighted by atomic mass is 9.55. The Hall–Kier alpha value is -1.70. The Bertz CT molecular complexity index is 921. The van der Waals surface area contributed by atoms with Crippen LogP contribution in [0.15, 0.2) is 0 Å². The van der Waals surface area contributed by atoms with E-state index in [-0.39, 0.29) is 12.3 Å². The molecular formula is C23H29F5O3. The van der Waals surface area contributed by atoms with Crippen molar-refractivity contribution >= 4 is 5.97 Å². The number of hydrogen-bond acceptors (Lipinski definition) is 3. The Kier molecular flexibility index (Phi) is 5.14. The number of ether oxygens (including phenoxy) is 1. The van der Waals surface area contributed by atoms with Crippen molar-refractivity contribution in [1.82, 2.24) is 0 Å². The first kappa shape index (κ1) is 24.0. The zero-order chi connectivity index (χ0) is 23.9. The predicted octanol–water partition coefficient (Wildman–Crippen LogP) is 5.56. The molecule has 1 N–H and O–H groups in total. The van der Waals surface area contributed by atoms with Crippen molar-refractivity contribution in [3.8, 4) is 0 Å². The van der Waals surface area contributed by atoms with Crippen LogP contribution in [0.5, 0.6) is 0 Å². The average Bonchev–Trinajstić information content (AvgIpc) is 2.96. The highest BCUT2D eigenvalue weighted by Gasteiger charge is 2.74. The quantitative estimate of drug-likeness (QED) is 0.284. The number of carbonyl (C=O) groups excluding carboxylic acids is 1. The van der Waals surface area contributed by atoms with E-state index in [4.69, 9.17) is 4.74 Å². The molecule has 2 aliphatic rings. The van der Waals surface area contributed by atoms with Crippen molar-refractivity contribution in [2.45, 2.75) is 84.3 Å². The van der Waals surface area contributed by atoms with Crippen molar-refractivity contribution in [2.75, 3.05) is 0 Å². The molecule has 3 nitrogen and oxygen atoms in total. The number of rotatable bonds is 4. The zero-order valence-corrected chi connectivity index (χ0v) is 18.9. The summed E-state index contributed by atoms with van der Waals surface area (Å²) in [6.45, 7) is 11.0. The number of halogens is 5. The number of esters is 1. The third-order valence-electron chi connectivity index (χ3n) is 8.74. The highest BCUT2D eigenvalue weighted by Crippen LogP contribution is 2.74. The number of fused-ring (bicyclic) bond motifs is 2. The van der Waals surface area contributed by atoms with Gasteiger partial charge >= 0.3 is 5.97 Å². The lowest BCUT2D eigenvalue weighted by Gasteiger charge is -2.49. The number of hydrogen-bond donors (Lipinski definition) is 1. The first-order valence-corrected chi connectivity index (χ1v) is 10.3. The van der Waals surface area contributed by atoms with Crippen LogP contribution in [-0.4, -0.2) is 22.3 Å². The summed E-state index contributed by atoms with van der Waals surface area (Å²) in [6, 6.07) is 0. The van der Waals surface area contributed by atoms with Gasteiger partial charge in [0.15, 0.2) is 23.3 Å². The molecule has 0 saturated heterocycles. The highest BCUT2D eigenvalue weighted by molar-refractivity contribution is 5.86. The minimum atomic E-state index is -2.27. The molecule has 2 saturated carbocycles. The van der Waals surface area contributed by atoms with E-state index in [0.717, 1.165) is 0 Å². The average molecular weight is 448 g/mol. The molecule has 1 aromatic rings. The Morgan fingerprint density at radius 1 is 0.935 bits per heavy atom. The molecule has 0 heterocycles. The minimum absolute atomic E-state index is 0.115. The van der Waals surface area contributed by atoms with Gasteiger partial charge in [0.2, 0.25) is 5.82 Å². The van der Waals surface area contributed by atoms with E-state index in [0.29, 0.717) is 12.8 Å². The van der Waals surface area contributed by atoms with Gasteiger partial charge in [0.05, 0.1) is 5.60 Å². The van der Waals surface area contributed by atoms with Gasteiger partial charge in [-0.3, -0.25) is 4.79 Å². The Morgan fingerprint density at radius 2 is 1.39 bits per heavy atom. The molecule has 3 unspecified atom stereocenters. The highest BCUT2D eigenvalue weighted by atomic mass is 19.2. The van der Waals surface area contributed by atoms with E-state index < -0.39 is 68.1 Å². The maximum Gasteiger partial charge on any atom is 0.318 e. The summed E-state index contributed by atoms with van der Waals surface area (Å²) in [7, 11) is 0. The summed E-state index contributed by atoms with van der Waals surface area (Å²) in [5.41, 5.74) is -8.05. The molecule has 0 amide bonds. The molecule has 2 bridgehead atoms. The Morgan fingerprint density at radius 3 is 1.74 bits per heavy atom. The maximum absolute atomic E-state index is 15.1. The number of aliphatic hydroxyl groups is 1. The minimum Gasteiger partial charge on any atom is -0.456 e. The van der Waals surface area contributed by atoms with E-state index in [2.05, 4.69) is 0 Å². The van der Waals surface area contributed by atoms with Gasteiger partial charge in [-0.05, 0) is 63.7 Å². The fourth-order valence-electron chi connectivity index (χ4n) is 5.52. The van der Waals surface area contributed by atoms with Crippen molar-refractivity contribution in [3.63, 3.8) is 0 Å². The zero-order valence-electron chi connectivity index (χ0n) is 18.9. The van der Waals surface area contributed by atoms with Crippen molar-refractivity contribution in [1.29, 1.82) is 0 Å². The summed E-state index contributed by atoms with van der Waals surface area (Å²) in [6.07, 6.45) is 0.890. The SMILES string of the molecule is CC(C)(O)C(C)(C)OC(=O)C1(c2c(F)c(F)c(F)c(F)c2F)CC2CCC1(C)C2(C)C. The molecule has 174 valence electrons. The van der Waals surface area contributed by atoms with Crippen LogP contribution in [-0.2, 0) is 14.9 Å². The molecule has 2 aliphatic carbocycles. The molecule has 8 heteroatoms. The van der Waals surface area contributed by atoms with Crippen molar-refractivity contribution in [3.05, 3.63) is 34.6 Å². The maximum atomic E-state index is 15.1.